The lowest BCUT2D eigenvalue weighted by molar-refractivity contribution is -0.120. The van der Waals surface area contributed by atoms with Crippen LogP contribution in [0.15, 0.2) is 18.2 Å². The third-order valence-electron chi connectivity index (χ3n) is 6.40. The van der Waals surface area contributed by atoms with Crippen molar-refractivity contribution in [2.24, 2.45) is 5.73 Å². The second kappa shape index (κ2) is 9.57. The van der Waals surface area contributed by atoms with Gasteiger partial charge in [-0.25, -0.2) is 0 Å². The van der Waals surface area contributed by atoms with Crippen molar-refractivity contribution in [3.05, 3.63) is 44.1 Å². The normalized spacial score (nSPS) is 23.2. The van der Waals surface area contributed by atoms with E-state index in [1.807, 2.05) is 18.2 Å². The number of aliphatic hydroxyl groups excluding tert-OH is 1. The van der Waals surface area contributed by atoms with Crippen molar-refractivity contribution in [2.45, 2.75) is 51.0 Å². The van der Waals surface area contributed by atoms with E-state index >= 15 is 0 Å². The number of aliphatic hydroxyl groups is 1. The summed E-state index contributed by atoms with van der Waals surface area (Å²) in [5.74, 6) is 0.548. The molecule has 2 atom stereocenters. The van der Waals surface area contributed by atoms with Crippen LogP contribution in [-0.4, -0.2) is 48.8 Å². The monoisotopic (exact) mass is 480 g/mol. The molecule has 0 bridgehead atoms. The SMILES string of the molecule is COc1cc(CN2CC[C@]3(C[C@@H]2C)OCCc2c3sc(Cl)c2CO)ccc1OCC(N)=O. The number of halogens is 1. The minimum Gasteiger partial charge on any atom is -0.493 e. The number of fused-ring (bicyclic) bond motifs is 2. The van der Waals surface area contributed by atoms with Crippen LogP contribution in [-0.2, 0) is 34.7 Å². The Hall–Kier alpha value is -1.84. The van der Waals surface area contributed by atoms with E-state index in [-0.39, 0.29) is 18.8 Å². The van der Waals surface area contributed by atoms with Crippen molar-refractivity contribution in [3.63, 3.8) is 0 Å². The van der Waals surface area contributed by atoms with E-state index in [0.29, 0.717) is 28.5 Å². The molecule has 2 aromatic rings. The summed E-state index contributed by atoms with van der Waals surface area (Å²) in [6, 6.07) is 6.03. The molecule has 174 valence electrons. The largest absolute Gasteiger partial charge is 0.493 e. The molecule has 32 heavy (non-hydrogen) atoms. The van der Waals surface area contributed by atoms with Crippen molar-refractivity contribution < 1.29 is 24.1 Å². The number of amides is 1. The highest BCUT2D eigenvalue weighted by molar-refractivity contribution is 7.16. The first-order valence-electron chi connectivity index (χ1n) is 10.7. The standard InChI is InChI=1S/C23H29ClN2O5S/c1-14-10-23(21-16(5-8-31-23)17(12-27)22(24)32-21)6-7-26(14)11-15-3-4-18(19(9-15)29-2)30-13-20(25)28/h3-4,9,14,27H,5-8,10-13H2,1-2H3,(H2,25,28)/t14-,23+/m0/s1. The third-order valence-corrected chi connectivity index (χ3v) is 8.11. The van der Waals surface area contributed by atoms with Crippen LogP contribution in [0.2, 0.25) is 4.34 Å². The summed E-state index contributed by atoms with van der Waals surface area (Å²) in [7, 11) is 1.58. The Balaban J connectivity index is 1.48. The van der Waals surface area contributed by atoms with Gasteiger partial charge in [-0.3, -0.25) is 9.69 Å². The molecule has 4 rings (SSSR count). The molecule has 9 heteroatoms. The van der Waals surface area contributed by atoms with E-state index in [1.54, 1.807) is 18.4 Å². The summed E-state index contributed by atoms with van der Waals surface area (Å²) in [6.45, 7) is 4.32. The van der Waals surface area contributed by atoms with Crippen LogP contribution in [0.1, 0.15) is 41.3 Å². The highest BCUT2D eigenvalue weighted by atomic mass is 35.5. The Kier molecular flexibility index (Phi) is 6.97. The van der Waals surface area contributed by atoms with Gasteiger partial charge in [0, 0.05) is 29.6 Å². The maximum atomic E-state index is 11.0. The first kappa shape index (κ1) is 23.3. The molecule has 1 aromatic carbocycles. The van der Waals surface area contributed by atoms with Gasteiger partial charge >= 0.3 is 0 Å². The van der Waals surface area contributed by atoms with Crippen molar-refractivity contribution in [3.8, 4) is 11.5 Å². The number of carbonyl (C=O) groups is 1. The molecule has 1 amide bonds. The summed E-state index contributed by atoms with van der Waals surface area (Å²) in [6.07, 6.45) is 2.56. The number of piperidine rings is 1. The van der Waals surface area contributed by atoms with Gasteiger partial charge in [0.05, 0.1) is 24.7 Å². The first-order chi connectivity index (χ1) is 15.4. The average molecular weight is 481 g/mol. The van der Waals surface area contributed by atoms with Gasteiger partial charge in [0.2, 0.25) is 0 Å². The van der Waals surface area contributed by atoms with Crippen LogP contribution >= 0.6 is 22.9 Å². The fourth-order valence-electron chi connectivity index (χ4n) is 4.81. The number of ether oxygens (including phenoxy) is 3. The average Bonchev–Trinajstić information content (AvgIpc) is 3.11. The number of primary amides is 1. The fraction of sp³-hybridized carbons (Fsp3) is 0.522. The summed E-state index contributed by atoms with van der Waals surface area (Å²) in [4.78, 5) is 14.6. The second-order valence-electron chi connectivity index (χ2n) is 8.43. The fourth-order valence-corrected chi connectivity index (χ4v) is 6.48. The Morgan fingerprint density at radius 1 is 1.44 bits per heavy atom. The number of likely N-dealkylation sites (tertiary alicyclic amines) is 1. The number of methoxy groups -OCH3 is 1. The molecule has 0 saturated carbocycles. The van der Waals surface area contributed by atoms with Gasteiger partial charge in [-0.1, -0.05) is 17.7 Å². The predicted molar refractivity (Wildman–Crippen MR) is 123 cm³/mol. The number of carbonyl (C=O) groups excluding carboxylic acids is 1. The molecule has 0 aliphatic carbocycles. The topological polar surface area (TPSA) is 94.2 Å². The molecule has 1 fully saturated rings. The van der Waals surface area contributed by atoms with Gasteiger partial charge in [-0.05, 0) is 49.4 Å². The molecule has 1 saturated heterocycles. The Morgan fingerprint density at radius 3 is 2.94 bits per heavy atom. The minimum atomic E-state index is -0.529. The molecule has 7 nitrogen and oxygen atoms in total. The number of nitrogens with two attached hydrogens (primary N) is 1. The van der Waals surface area contributed by atoms with Crippen LogP contribution in [0.4, 0.5) is 0 Å². The quantitative estimate of drug-likeness (QED) is 0.632. The Morgan fingerprint density at radius 2 is 2.25 bits per heavy atom. The number of hydrogen-bond donors (Lipinski definition) is 2. The zero-order valence-corrected chi connectivity index (χ0v) is 19.9. The number of thiophene rings is 1. The summed E-state index contributed by atoms with van der Waals surface area (Å²) in [5.41, 5.74) is 8.00. The van der Waals surface area contributed by atoms with Gasteiger partial charge in [0.1, 0.15) is 5.60 Å². The van der Waals surface area contributed by atoms with E-state index < -0.39 is 5.91 Å². The van der Waals surface area contributed by atoms with E-state index in [9.17, 15) is 9.90 Å². The van der Waals surface area contributed by atoms with E-state index in [1.165, 1.54) is 10.4 Å². The predicted octanol–water partition coefficient (Wildman–Crippen LogP) is 3.22. The highest BCUT2D eigenvalue weighted by Crippen LogP contribution is 2.50. The highest BCUT2D eigenvalue weighted by Gasteiger charge is 2.45. The lowest BCUT2D eigenvalue weighted by Crippen LogP contribution is -2.50. The lowest BCUT2D eigenvalue weighted by Gasteiger charge is -2.47. The summed E-state index contributed by atoms with van der Waals surface area (Å²) < 4.78 is 17.9. The summed E-state index contributed by atoms with van der Waals surface area (Å²) in [5, 5.41) is 9.76. The third kappa shape index (κ3) is 4.47. The molecular weight excluding hydrogens is 452 g/mol. The molecule has 0 unspecified atom stereocenters. The Labute approximate surface area is 197 Å². The lowest BCUT2D eigenvalue weighted by atomic mass is 9.81. The minimum absolute atomic E-state index is 0.0244. The molecule has 1 aromatic heterocycles. The number of benzene rings is 1. The zero-order valence-electron chi connectivity index (χ0n) is 18.4. The maximum absolute atomic E-state index is 11.0. The van der Waals surface area contributed by atoms with Crippen LogP contribution < -0.4 is 15.2 Å². The van der Waals surface area contributed by atoms with Crippen molar-refractivity contribution in [1.29, 1.82) is 0 Å². The van der Waals surface area contributed by atoms with Crippen LogP contribution in [0.3, 0.4) is 0 Å². The number of hydrogen-bond acceptors (Lipinski definition) is 7. The van der Waals surface area contributed by atoms with Crippen LogP contribution in [0, 0.1) is 0 Å². The smallest absolute Gasteiger partial charge is 0.255 e. The zero-order chi connectivity index (χ0) is 22.9. The molecule has 3 N–H and O–H groups in total. The first-order valence-corrected chi connectivity index (χ1v) is 11.9. The van der Waals surface area contributed by atoms with E-state index in [0.717, 1.165) is 43.5 Å². The maximum Gasteiger partial charge on any atom is 0.255 e. The Bertz CT molecular complexity index is 997. The molecule has 1 spiro atoms. The molecule has 3 heterocycles. The molecule has 0 radical (unpaired) electrons. The molecular formula is C23H29ClN2O5S. The van der Waals surface area contributed by atoms with Gasteiger partial charge in [-0.2, -0.15) is 0 Å². The van der Waals surface area contributed by atoms with E-state index in [4.69, 9.17) is 31.5 Å². The van der Waals surface area contributed by atoms with Crippen molar-refractivity contribution in [1.82, 2.24) is 4.90 Å². The van der Waals surface area contributed by atoms with E-state index in [2.05, 4.69) is 11.8 Å². The van der Waals surface area contributed by atoms with Crippen LogP contribution in [0.5, 0.6) is 11.5 Å². The number of rotatable bonds is 7. The molecule has 2 aliphatic rings. The van der Waals surface area contributed by atoms with Gasteiger partial charge in [0.15, 0.2) is 18.1 Å². The van der Waals surface area contributed by atoms with Gasteiger partial charge in [-0.15, -0.1) is 11.3 Å². The summed E-state index contributed by atoms with van der Waals surface area (Å²) >= 11 is 8.00. The molecule has 2 aliphatic heterocycles. The van der Waals surface area contributed by atoms with Crippen LogP contribution in [0.25, 0.3) is 0 Å². The van der Waals surface area contributed by atoms with Gasteiger partial charge < -0.3 is 25.1 Å². The second-order valence-corrected chi connectivity index (χ2v) is 10.0. The van der Waals surface area contributed by atoms with Crippen molar-refractivity contribution in [2.75, 3.05) is 26.9 Å². The number of nitrogens with zero attached hydrogens (tertiary/aromatic N) is 1. The van der Waals surface area contributed by atoms with Gasteiger partial charge in [0.25, 0.3) is 5.91 Å². The van der Waals surface area contributed by atoms with Crippen molar-refractivity contribution >= 4 is 28.8 Å².